The Hall–Kier alpha value is -1.81. The van der Waals surface area contributed by atoms with E-state index in [9.17, 15) is 0 Å². The fourth-order valence-electron chi connectivity index (χ4n) is 2.34. The number of aromatic nitrogens is 1. The van der Waals surface area contributed by atoms with Gasteiger partial charge in [0.05, 0.1) is 35.7 Å². The van der Waals surface area contributed by atoms with E-state index in [-0.39, 0.29) is 0 Å². The monoisotopic (exact) mass is 243 g/mol. The maximum atomic E-state index is 6.05. The van der Waals surface area contributed by atoms with Crippen molar-refractivity contribution >= 4 is 22.3 Å². The molecule has 1 aromatic carbocycles. The van der Waals surface area contributed by atoms with Gasteiger partial charge in [0, 0.05) is 12.0 Å². The zero-order chi connectivity index (χ0) is 12.5. The summed E-state index contributed by atoms with van der Waals surface area (Å²) in [6.45, 7) is 3.64. The van der Waals surface area contributed by atoms with E-state index in [0.717, 1.165) is 36.2 Å². The molecule has 1 aromatic heterocycles. The molecule has 4 nitrogen and oxygen atoms in total. The van der Waals surface area contributed by atoms with Crippen LogP contribution in [0.3, 0.4) is 0 Å². The maximum Gasteiger partial charge on any atom is 0.0743 e. The van der Waals surface area contributed by atoms with Gasteiger partial charge in [0.1, 0.15) is 0 Å². The van der Waals surface area contributed by atoms with E-state index >= 15 is 0 Å². The number of aryl methyl sites for hydroxylation is 1. The Kier molecular flexibility index (Phi) is 2.80. The number of fused-ring (bicyclic) bond motifs is 1. The summed E-state index contributed by atoms with van der Waals surface area (Å²) >= 11 is 0. The summed E-state index contributed by atoms with van der Waals surface area (Å²) in [5, 5.41) is 4.57. The first-order chi connectivity index (χ1) is 8.74. The molecule has 1 saturated heterocycles. The molecule has 0 amide bonds. The first kappa shape index (κ1) is 11.3. The zero-order valence-corrected chi connectivity index (χ0v) is 10.4. The fraction of sp³-hybridized carbons (Fsp3) is 0.357. The molecular weight excluding hydrogens is 226 g/mol. The molecule has 0 aliphatic carbocycles. The van der Waals surface area contributed by atoms with Crippen LogP contribution < -0.4 is 11.1 Å². The Labute approximate surface area is 106 Å². The van der Waals surface area contributed by atoms with Gasteiger partial charge < -0.3 is 15.8 Å². The van der Waals surface area contributed by atoms with E-state index in [4.69, 9.17) is 10.5 Å². The van der Waals surface area contributed by atoms with E-state index in [1.54, 1.807) is 6.20 Å². The van der Waals surface area contributed by atoms with Crippen molar-refractivity contribution < 1.29 is 4.74 Å². The number of nitrogen functional groups attached to an aromatic ring is 1. The second-order valence-corrected chi connectivity index (χ2v) is 4.81. The molecule has 0 bridgehead atoms. The Balaban J connectivity index is 2.07. The Morgan fingerprint density at radius 2 is 2.33 bits per heavy atom. The average molecular weight is 243 g/mol. The predicted octanol–water partition coefficient (Wildman–Crippen LogP) is 2.33. The predicted molar refractivity (Wildman–Crippen MR) is 73.7 cm³/mol. The topological polar surface area (TPSA) is 60.2 Å². The third kappa shape index (κ3) is 1.99. The van der Waals surface area contributed by atoms with Gasteiger partial charge in [-0.1, -0.05) is 11.6 Å². The molecule has 0 spiro atoms. The van der Waals surface area contributed by atoms with Crippen molar-refractivity contribution in [2.24, 2.45) is 0 Å². The molecule has 0 radical (unpaired) electrons. The van der Waals surface area contributed by atoms with Crippen molar-refractivity contribution in [2.45, 2.75) is 19.4 Å². The minimum absolute atomic E-state index is 0.346. The van der Waals surface area contributed by atoms with E-state index in [0.29, 0.717) is 11.7 Å². The maximum absolute atomic E-state index is 6.05. The molecule has 0 saturated carbocycles. The number of hydrogen-bond donors (Lipinski definition) is 2. The van der Waals surface area contributed by atoms with Gasteiger partial charge in [-0.3, -0.25) is 4.98 Å². The van der Waals surface area contributed by atoms with Gasteiger partial charge in [-0.2, -0.15) is 0 Å². The molecule has 1 unspecified atom stereocenters. The van der Waals surface area contributed by atoms with Gasteiger partial charge in [-0.15, -0.1) is 0 Å². The highest BCUT2D eigenvalue weighted by Crippen LogP contribution is 2.30. The number of hydrogen-bond acceptors (Lipinski definition) is 4. The number of nitrogens with zero attached hydrogens (tertiary/aromatic N) is 1. The lowest BCUT2D eigenvalue weighted by Crippen LogP contribution is -2.20. The summed E-state index contributed by atoms with van der Waals surface area (Å²) in [7, 11) is 0. The summed E-state index contributed by atoms with van der Waals surface area (Å²) in [5.74, 6) is 0. The zero-order valence-electron chi connectivity index (χ0n) is 10.4. The van der Waals surface area contributed by atoms with Crippen LogP contribution in [0.1, 0.15) is 12.0 Å². The van der Waals surface area contributed by atoms with Crippen molar-refractivity contribution in [1.82, 2.24) is 4.98 Å². The van der Waals surface area contributed by atoms with Crippen molar-refractivity contribution in [3.63, 3.8) is 0 Å². The third-order valence-corrected chi connectivity index (χ3v) is 3.33. The number of pyridine rings is 1. The minimum Gasteiger partial charge on any atom is -0.396 e. The highest BCUT2D eigenvalue weighted by Gasteiger charge is 2.17. The van der Waals surface area contributed by atoms with Gasteiger partial charge in [0.25, 0.3) is 0 Å². The fourth-order valence-corrected chi connectivity index (χ4v) is 2.34. The number of nitrogens with two attached hydrogens (primary N) is 1. The van der Waals surface area contributed by atoms with Crippen molar-refractivity contribution in [2.75, 3.05) is 24.3 Å². The number of nitrogens with one attached hydrogen (secondary N) is 1. The van der Waals surface area contributed by atoms with Crippen LogP contribution in [0.5, 0.6) is 0 Å². The van der Waals surface area contributed by atoms with Crippen LogP contribution in [-0.2, 0) is 4.74 Å². The smallest absolute Gasteiger partial charge is 0.0743 e. The second kappa shape index (κ2) is 4.46. The van der Waals surface area contributed by atoms with Crippen LogP contribution in [-0.4, -0.2) is 24.2 Å². The van der Waals surface area contributed by atoms with Gasteiger partial charge >= 0.3 is 0 Å². The quantitative estimate of drug-likeness (QED) is 0.849. The van der Waals surface area contributed by atoms with Gasteiger partial charge in [0.15, 0.2) is 0 Å². The molecule has 1 aliphatic rings. The normalized spacial score (nSPS) is 19.3. The highest BCUT2D eigenvalue weighted by atomic mass is 16.5. The Morgan fingerprint density at radius 3 is 3.11 bits per heavy atom. The summed E-state index contributed by atoms with van der Waals surface area (Å²) in [4.78, 5) is 4.36. The van der Waals surface area contributed by atoms with Crippen LogP contribution in [0.2, 0.25) is 0 Å². The number of rotatable bonds is 2. The molecule has 94 valence electrons. The third-order valence-electron chi connectivity index (χ3n) is 3.33. The lowest BCUT2D eigenvalue weighted by atomic mass is 10.1. The van der Waals surface area contributed by atoms with Gasteiger partial charge in [-0.25, -0.2) is 0 Å². The molecule has 1 atom stereocenters. The van der Waals surface area contributed by atoms with E-state index in [2.05, 4.69) is 29.4 Å². The number of ether oxygens (including phenoxy) is 1. The Morgan fingerprint density at radius 1 is 1.44 bits per heavy atom. The molecule has 2 heterocycles. The summed E-state index contributed by atoms with van der Waals surface area (Å²) in [6, 6.07) is 6.56. The molecule has 4 heteroatoms. The largest absolute Gasteiger partial charge is 0.396 e. The van der Waals surface area contributed by atoms with E-state index in [1.165, 1.54) is 5.56 Å². The summed E-state index contributed by atoms with van der Waals surface area (Å²) in [6.07, 6.45) is 2.74. The SMILES string of the molecule is Cc1ccc2ncc(N)c(NC3CCOC3)c2c1. The van der Waals surface area contributed by atoms with E-state index in [1.807, 2.05) is 6.07 Å². The van der Waals surface area contributed by atoms with E-state index < -0.39 is 0 Å². The Bertz CT molecular complexity index is 571. The first-order valence-electron chi connectivity index (χ1n) is 6.23. The molecule has 3 N–H and O–H groups in total. The van der Waals surface area contributed by atoms with Crippen molar-refractivity contribution in [3.8, 4) is 0 Å². The first-order valence-corrected chi connectivity index (χ1v) is 6.23. The molecular formula is C14H17N3O. The van der Waals surface area contributed by atoms with Crippen LogP contribution in [0.4, 0.5) is 11.4 Å². The van der Waals surface area contributed by atoms with Crippen molar-refractivity contribution in [3.05, 3.63) is 30.0 Å². The summed E-state index contributed by atoms with van der Waals surface area (Å²) in [5.41, 5.74) is 9.91. The average Bonchev–Trinajstić information content (AvgIpc) is 2.86. The van der Waals surface area contributed by atoms with Crippen LogP contribution in [0, 0.1) is 6.92 Å². The summed E-state index contributed by atoms with van der Waals surface area (Å²) < 4.78 is 5.39. The lowest BCUT2D eigenvalue weighted by Gasteiger charge is -2.16. The van der Waals surface area contributed by atoms with Crippen molar-refractivity contribution in [1.29, 1.82) is 0 Å². The standard InChI is InChI=1S/C14H17N3O/c1-9-2-3-13-11(6-9)14(12(15)7-16-13)17-10-4-5-18-8-10/h2-3,6-7,10H,4-5,8,15H2,1H3,(H,16,17). The number of benzene rings is 1. The van der Waals surface area contributed by atoms with Crippen LogP contribution in [0.25, 0.3) is 10.9 Å². The number of anilines is 2. The molecule has 1 fully saturated rings. The molecule has 3 rings (SSSR count). The lowest BCUT2D eigenvalue weighted by molar-refractivity contribution is 0.195. The second-order valence-electron chi connectivity index (χ2n) is 4.81. The molecule has 1 aliphatic heterocycles. The van der Waals surface area contributed by atoms with Crippen LogP contribution in [0.15, 0.2) is 24.4 Å². The molecule has 18 heavy (non-hydrogen) atoms. The highest BCUT2D eigenvalue weighted by molar-refractivity contribution is 5.97. The van der Waals surface area contributed by atoms with Gasteiger partial charge in [-0.05, 0) is 25.5 Å². The minimum atomic E-state index is 0.346. The molecule has 2 aromatic rings. The van der Waals surface area contributed by atoms with Gasteiger partial charge in [0.2, 0.25) is 0 Å². The van der Waals surface area contributed by atoms with Crippen LogP contribution >= 0.6 is 0 Å².